The van der Waals surface area contributed by atoms with Crippen molar-refractivity contribution in [2.75, 3.05) is 13.2 Å². The molecular formula is C15H14ClN3O5S3. The van der Waals surface area contributed by atoms with Crippen molar-refractivity contribution in [3.63, 3.8) is 0 Å². The van der Waals surface area contributed by atoms with E-state index < -0.39 is 14.9 Å². The second-order valence-corrected chi connectivity index (χ2v) is 9.82. The molecule has 0 saturated heterocycles. The van der Waals surface area contributed by atoms with Gasteiger partial charge in [0.1, 0.15) is 4.21 Å². The molecule has 8 nitrogen and oxygen atoms in total. The maximum Gasteiger partial charge on any atom is 0.294 e. The third-order valence-electron chi connectivity index (χ3n) is 3.54. The predicted molar refractivity (Wildman–Crippen MR) is 105 cm³/mol. The third kappa shape index (κ3) is 4.38. The maximum atomic E-state index is 12.6. The molecule has 2 aromatic heterocycles. The molecule has 0 amide bonds. The molecule has 27 heavy (non-hydrogen) atoms. The van der Waals surface area contributed by atoms with Crippen molar-refractivity contribution in [3.8, 4) is 0 Å². The second kappa shape index (κ2) is 8.07. The fourth-order valence-electron chi connectivity index (χ4n) is 2.35. The summed E-state index contributed by atoms with van der Waals surface area (Å²) in [5.74, 6) is 0. The molecule has 0 radical (unpaired) electrons. The number of nitro groups is 1. The van der Waals surface area contributed by atoms with Crippen LogP contribution in [0.5, 0.6) is 0 Å². The Bertz CT molecular complexity index is 1160. The molecule has 1 aromatic carbocycles. The zero-order valence-corrected chi connectivity index (χ0v) is 17.2. The molecule has 2 heterocycles. The minimum Gasteiger partial charge on any atom is -0.380 e. The number of sulfonamides is 1. The summed E-state index contributed by atoms with van der Waals surface area (Å²) in [4.78, 5) is 10.7. The summed E-state index contributed by atoms with van der Waals surface area (Å²) in [6.45, 7) is 3.10. The third-order valence-corrected chi connectivity index (χ3v) is 7.66. The lowest BCUT2D eigenvalue weighted by Crippen LogP contribution is -2.19. The average Bonchev–Trinajstić information content (AvgIpc) is 3.18. The SMILES string of the molecule is CCOCCn1c(=NS(=O)(=O)c2ccc(Cl)s2)sc2cc([N+](=O)[O-])ccc21. The van der Waals surface area contributed by atoms with Crippen LogP contribution in [0.4, 0.5) is 5.69 Å². The van der Waals surface area contributed by atoms with E-state index in [9.17, 15) is 18.5 Å². The lowest BCUT2D eigenvalue weighted by atomic mass is 10.3. The van der Waals surface area contributed by atoms with Crippen LogP contribution in [-0.4, -0.2) is 31.1 Å². The van der Waals surface area contributed by atoms with Crippen molar-refractivity contribution < 1.29 is 18.1 Å². The molecule has 0 N–H and O–H groups in total. The molecule has 0 aliphatic rings. The van der Waals surface area contributed by atoms with Gasteiger partial charge < -0.3 is 9.30 Å². The molecular weight excluding hydrogens is 434 g/mol. The fraction of sp³-hybridized carbons (Fsp3) is 0.267. The van der Waals surface area contributed by atoms with Crippen LogP contribution in [0.3, 0.4) is 0 Å². The molecule has 12 heteroatoms. The lowest BCUT2D eigenvalue weighted by molar-refractivity contribution is -0.384. The Labute approximate surface area is 167 Å². The first-order valence-corrected chi connectivity index (χ1v) is 11.2. The molecule has 0 saturated carbocycles. The van der Waals surface area contributed by atoms with E-state index >= 15 is 0 Å². The van der Waals surface area contributed by atoms with Gasteiger partial charge in [-0.25, -0.2) is 0 Å². The van der Waals surface area contributed by atoms with Crippen molar-refractivity contribution in [3.05, 3.63) is 49.6 Å². The van der Waals surface area contributed by atoms with Crippen LogP contribution in [0.1, 0.15) is 6.92 Å². The summed E-state index contributed by atoms with van der Waals surface area (Å²) in [6.07, 6.45) is 0. The molecule has 0 bridgehead atoms. The Morgan fingerprint density at radius 2 is 2.07 bits per heavy atom. The van der Waals surface area contributed by atoms with E-state index in [0.717, 1.165) is 22.7 Å². The summed E-state index contributed by atoms with van der Waals surface area (Å²) >= 11 is 7.82. The van der Waals surface area contributed by atoms with E-state index in [1.807, 2.05) is 6.92 Å². The number of benzene rings is 1. The number of thiophene rings is 1. The van der Waals surface area contributed by atoms with Crippen LogP contribution in [0, 0.1) is 10.1 Å². The van der Waals surface area contributed by atoms with Crippen molar-refractivity contribution in [1.29, 1.82) is 0 Å². The summed E-state index contributed by atoms with van der Waals surface area (Å²) < 4.78 is 37.1. The zero-order valence-electron chi connectivity index (χ0n) is 14.0. The summed E-state index contributed by atoms with van der Waals surface area (Å²) in [5.41, 5.74) is 0.587. The second-order valence-electron chi connectivity index (χ2n) is 5.27. The molecule has 3 aromatic rings. The Hall–Kier alpha value is -1.79. The quantitative estimate of drug-likeness (QED) is 0.312. The molecule has 3 rings (SSSR count). The van der Waals surface area contributed by atoms with E-state index in [0.29, 0.717) is 34.3 Å². The standard InChI is InChI=1S/C15H14ClN3O5S3/c1-2-24-8-7-18-11-4-3-10(19(20)21)9-12(11)25-15(18)17-27(22,23)14-6-5-13(16)26-14/h3-6,9H,2,7-8H2,1H3. The minimum atomic E-state index is -3.95. The van der Waals surface area contributed by atoms with Gasteiger partial charge in [0.15, 0.2) is 0 Å². The molecule has 0 aliphatic carbocycles. The van der Waals surface area contributed by atoms with Gasteiger partial charge in [-0.15, -0.1) is 15.7 Å². The van der Waals surface area contributed by atoms with Gasteiger partial charge in [0.05, 0.1) is 26.1 Å². The Morgan fingerprint density at radius 1 is 1.30 bits per heavy atom. The average molecular weight is 448 g/mol. The van der Waals surface area contributed by atoms with Gasteiger partial charge in [-0.05, 0) is 25.1 Å². The normalized spacial score (nSPS) is 12.7. The molecule has 0 unspecified atom stereocenters. The van der Waals surface area contributed by atoms with E-state index in [1.165, 1.54) is 24.3 Å². The molecule has 144 valence electrons. The highest BCUT2D eigenvalue weighted by Gasteiger charge is 2.18. The fourth-order valence-corrected chi connectivity index (χ4v) is 6.10. The molecule has 0 aliphatic heterocycles. The van der Waals surface area contributed by atoms with Crippen LogP contribution in [0.15, 0.2) is 38.9 Å². The number of non-ortho nitro benzene ring substituents is 1. The smallest absolute Gasteiger partial charge is 0.294 e. The van der Waals surface area contributed by atoms with E-state index in [2.05, 4.69) is 4.40 Å². The largest absolute Gasteiger partial charge is 0.380 e. The van der Waals surface area contributed by atoms with Gasteiger partial charge >= 0.3 is 0 Å². The Kier molecular flexibility index (Phi) is 5.96. The first kappa shape index (κ1) is 20.0. The summed E-state index contributed by atoms with van der Waals surface area (Å²) in [7, 11) is -3.95. The first-order valence-electron chi connectivity index (χ1n) is 7.73. The van der Waals surface area contributed by atoms with Crippen LogP contribution < -0.4 is 4.80 Å². The molecule has 0 fully saturated rings. The van der Waals surface area contributed by atoms with E-state index in [-0.39, 0.29) is 14.7 Å². The first-order chi connectivity index (χ1) is 12.8. The zero-order chi connectivity index (χ0) is 19.6. The van der Waals surface area contributed by atoms with Crippen LogP contribution in [0.25, 0.3) is 10.2 Å². The highest BCUT2D eigenvalue weighted by molar-refractivity contribution is 7.92. The number of rotatable bonds is 7. The van der Waals surface area contributed by atoms with Gasteiger partial charge in [-0.2, -0.15) is 8.42 Å². The number of nitro benzene ring substituents is 1. The molecule has 0 atom stereocenters. The van der Waals surface area contributed by atoms with Crippen LogP contribution in [0.2, 0.25) is 4.34 Å². The van der Waals surface area contributed by atoms with E-state index in [1.54, 1.807) is 10.6 Å². The Morgan fingerprint density at radius 3 is 2.70 bits per heavy atom. The highest BCUT2D eigenvalue weighted by atomic mass is 35.5. The number of halogens is 1. The van der Waals surface area contributed by atoms with Crippen LogP contribution in [-0.2, 0) is 21.3 Å². The van der Waals surface area contributed by atoms with Crippen molar-refractivity contribution in [2.24, 2.45) is 4.40 Å². The lowest BCUT2D eigenvalue weighted by Gasteiger charge is -2.05. The predicted octanol–water partition coefficient (Wildman–Crippen LogP) is 3.65. The van der Waals surface area contributed by atoms with Crippen LogP contribution >= 0.6 is 34.3 Å². The number of thiazole rings is 1. The van der Waals surface area contributed by atoms with Gasteiger partial charge in [0.25, 0.3) is 15.7 Å². The number of hydrogen-bond donors (Lipinski definition) is 0. The maximum absolute atomic E-state index is 12.6. The summed E-state index contributed by atoms with van der Waals surface area (Å²) in [5, 5.41) is 11.0. The van der Waals surface area contributed by atoms with Gasteiger partial charge in [-0.3, -0.25) is 10.1 Å². The van der Waals surface area contributed by atoms with Crippen molar-refractivity contribution >= 4 is 60.2 Å². The number of nitrogens with zero attached hydrogens (tertiary/aromatic N) is 3. The highest BCUT2D eigenvalue weighted by Crippen LogP contribution is 2.27. The number of ether oxygens (including phenoxy) is 1. The topological polar surface area (TPSA) is 104 Å². The minimum absolute atomic E-state index is 0.0345. The van der Waals surface area contributed by atoms with Crippen molar-refractivity contribution in [1.82, 2.24) is 4.57 Å². The van der Waals surface area contributed by atoms with Gasteiger partial charge in [0.2, 0.25) is 4.80 Å². The summed E-state index contributed by atoms with van der Waals surface area (Å²) in [6, 6.07) is 7.26. The number of hydrogen-bond acceptors (Lipinski definition) is 7. The molecule has 0 spiro atoms. The van der Waals surface area contributed by atoms with Gasteiger partial charge in [0, 0.05) is 25.3 Å². The Balaban J connectivity index is 2.17. The monoisotopic (exact) mass is 447 g/mol. The van der Waals surface area contributed by atoms with Crippen molar-refractivity contribution in [2.45, 2.75) is 17.7 Å². The van der Waals surface area contributed by atoms with E-state index in [4.69, 9.17) is 16.3 Å². The number of aromatic nitrogens is 1. The number of fused-ring (bicyclic) bond motifs is 1. The van der Waals surface area contributed by atoms with Gasteiger partial charge in [-0.1, -0.05) is 22.9 Å².